The van der Waals surface area contributed by atoms with Crippen LogP contribution in [0.4, 0.5) is 0 Å². The van der Waals surface area contributed by atoms with E-state index >= 15 is 0 Å². The monoisotopic (exact) mass is 442 g/mol. The zero-order chi connectivity index (χ0) is 21.1. The predicted molar refractivity (Wildman–Crippen MR) is 124 cm³/mol. The highest BCUT2D eigenvalue weighted by molar-refractivity contribution is 7.98. The number of hydrogen-bond acceptors (Lipinski definition) is 5. The maximum Gasteiger partial charge on any atom is 0.252 e. The van der Waals surface area contributed by atoms with Crippen molar-refractivity contribution < 1.29 is 14.3 Å². The van der Waals surface area contributed by atoms with Crippen molar-refractivity contribution in [3.05, 3.63) is 52.3 Å². The van der Waals surface area contributed by atoms with Crippen LogP contribution in [0, 0.1) is 0 Å². The summed E-state index contributed by atoms with van der Waals surface area (Å²) in [5.74, 6) is 2.81. The van der Waals surface area contributed by atoms with Crippen LogP contribution in [-0.4, -0.2) is 35.7 Å². The summed E-state index contributed by atoms with van der Waals surface area (Å²) in [6.45, 7) is 6.23. The molecule has 0 radical (unpaired) electrons. The molecule has 7 heteroatoms. The third kappa shape index (κ3) is 4.57. The van der Waals surface area contributed by atoms with Crippen molar-refractivity contribution in [1.82, 2.24) is 4.57 Å². The Hall–Kier alpha value is -2.25. The van der Waals surface area contributed by atoms with Gasteiger partial charge in [-0.3, -0.25) is 4.79 Å². The molecule has 1 aromatic heterocycles. The van der Waals surface area contributed by atoms with Crippen molar-refractivity contribution in [1.29, 1.82) is 0 Å². The second-order valence-corrected chi connectivity index (χ2v) is 9.57. The fourth-order valence-corrected chi connectivity index (χ4v) is 4.88. The van der Waals surface area contributed by atoms with E-state index in [1.165, 1.54) is 16.9 Å². The second kappa shape index (κ2) is 9.27. The number of carbonyl (C=O) groups excluding carboxylic acids is 1. The Labute approximate surface area is 184 Å². The summed E-state index contributed by atoms with van der Waals surface area (Å²) in [5.41, 5.74) is 3.30. The topological polar surface area (TPSA) is 52.8 Å². The van der Waals surface area contributed by atoms with Crippen LogP contribution in [-0.2, 0) is 17.8 Å². The van der Waals surface area contributed by atoms with Crippen LogP contribution < -0.4 is 14.3 Å². The minimum atomic E-state index is -0.131. The van der Waals surface area contributed by atoms with Gasteiger partial charge in [0.1, 0.15) is 13.2 Å². The van der Waals surface area contributed by atoms with E-state index in [0.717, 1.165) is 44.4 Å². The van der Waals surface area contributed by atoms with Crippen LogP contribution >= 0.6 is 23.1 Å². The fourth-order valence-electron chi connectivity index (χ4n) is 3.43. The fraction of sp³-hybridized carbons (Fsp3) is 0.391. The van der Waals surface area contributed by atoms with Crippen LogP contribution in [0.5, 0.6) is 11.5 Å². The van der Waals surface area contributed by atoms with Crippen LogP contribution in [0.15, 0.2) is 41.4 Å². The predicted octanol–water partition coefficient (Wildman–Crippen LogP) is 4.63. The van der Waals surface area contributed by atoms with Gasteiger partial charge in [-0.25, -0.2) is 0 Å². The van der Waals surface area contributed by atoms with Crippen molar-refractivity contribution in [2.24, 2.45) is 4.99 Å². The first kappa shape index (κ1) is 21.0. The van der Waals surface area contributed by atoms with Gasteiger partial charge in [0.15, 0.2) is 16.3 Å². The largest absolute Gasteiger partial charge is 0.486 e. The highest BCUT2D eigenvalue weighted by Gasteiger charge is 2.17. The number of aromatic nitrogens is 1. The lowest BCUT2D eigenvalue weighted by Crippen LogP contribution is -2.19. The third-order valence-electron chi connectivity index (χ3n) is 5.09. The number of amides is 1. The number of fused-ring (bicyclic) bond motifs is 2. The molecule has 4 rings (SSSR count). The van der Waals surface area contributed by atoms with Crippen molar-refractivity contribution in [2.75, 3.05) is 25.2 Å². The number of hydrogen-bond donors (Lipinski definition) is 0. The summed E-state index contributed by atoms with van der Waals surface area (Å²) < 4.78 is 14.6. The van der Waals surface area contributed by atoms with Gasteiger partial charge in [-0.1, -0.05) is 49.4 Å². The minimum Gasteiger partial charge on any atom is -0.486 e. The van der Waals surface area contributed by atoms with E-state index in [-0.39, 0.29) is 5.91 Å². The van der Waals surface area contributed by atoms with Gasteiger partial charge in [-0.15, -0.1) is 0 Å². The molecule has 0 saturated carbocycles. The van der Waals surface area contributed by atoms with Gasteiger partial charge in [0.2, 0.25) is 0 Å². The van der Waals surface area contributed by atoms with Crippen molar-refractivity contribution >= 4 is 39.2 Å². The summed E-state index contributed by atoms with van der Waals surface area (Å²) >= 11 is 3.30. The van der Waals surface area contributed by atoms with Crippen LogP contribution in [0.3, 0.4) is 0 Å². The van der Waals surface area contributed by atoms with Crippen molar-refractivity contribution in [2.45, 2.75) is 32.7 Å². The van der Waals surface area contributed by atoms with E-state index in [4.69, 9.17) is 9.47 Å². The molecule has 0 fully saturated rings. The van der Waals surface area contributed by atoms with Crippen LogP contribution in [0.1, 0.15) is 30.9 Å². The Morgan fingerprint density at radius 2 is 1.87 bits per heavy atom. The molecule has 0 bridgehead atoms. The molecule has 0 saturated heterocycles. The number of thioether (sulfide) groups is 1. The summed E-state index contributed by atoms with van der Waals surface area (Å²) in [6, 6.07) is 12.2. The molecule has 1 aliphatic heterocycles. The first-order chi connectivity index (χ1) is 14.5. The molecule has 0 atom stereocenters. The van der Waals surface area contributed by atoms with Crippen molar-refractivity contribution in [3.63, 3.8) is 0 Å². The van der Waals surface area contributed by atoms with Gasteiger partial charge in [0.25, 0.3) is 5.91 Å². The maximum atomic E-state index is 12.7. The summed E-state index contributed by atoms with van der Waals surface area (Å²) in [4.78, 5) is 17.9. The van der Waals surface area contributed by atoms with E-state index in [2.05, 4.69) is 41.8 Å². The van der Waals surface area contributed by atoms with Crippen molar-refractivity contribution in [3.8, 4) is 11.5 Å². The number of thiazole rings is 1. The number of aryl methyl sites for hydroxylation is 1. The molecular weight excluding hydrogens is 416 g/mol. The normalized spacial score (nSPS) is 13.9. The van der Waals surface area contributed by atoms with E-state index in [1.54, 1.807) is 11.8 Å². The van der Waals surface area contributed by atoms with Gasteiger partial charge in [-0.2, -0.15) is 16.8 Å². The zero-order valence-electron chi connectivity index (χ0n) is 17.5. The molecule has 0 spiro atoms. The summed E-state index contributed by atoms with van der Waals surface area (Å²) in [5, 5.41) is 0. The zero-order valence-corrected chi connectivity index (χ0v) is 19.1. The molecule has 1 aliphatic rings. The van der Waals surface area contributed by atoms with Gasteiger partial charge < -0.3 is 14.0 Å². The van der Waals surface area contributed by atoms with E-state index < -0.39 is 0 Å². The third-order valence-corrected chi connectivity index (χ3v) is 6.72. The number of rotatable bonds is 6. The lowest BCUT2D eigenvalue weighted by Gasteiger charge is -2.18. The quantitative estimate of drug-likeness (QED) is 0.559. The van der Waals surface area contributed by atoms with E-state index in [9.17, 15) is 4.79 Å². The number of benzene rings is 2. The number of carbonyl (C=O) groups is 1. The van der Waals surface area contributed by atoms with Gasteiger partial charge in [0.05, 0.1) is 16.6 Å². The first-order valence-corrected chi connectivity index (χ1v) is 12.3. The maximum absolute atomic E-state index is 12.7. The average molecular weight is 443 g/mol. The molecule has 0 N–H and O–H groups in total. The molecule has 5 nitrogen and oxygen atoms in total. The first-order valence-electron chi connectivity index (χ1n) is 10.1. The highest BCUT2D eigenvalue weighted by atomic mass is 32.2. The SMILES string of the molecule is CSCCn1c(=NC(=O)Cc2ccc(C(C)C)cc2)sc2cc3c(cc21)OCCO3. The van der Waals surface area contributed by atoms with Crippen LogP contribution in [0.2, 0.25) is 0 Å². The molecular formula is C23H26N2O3S2. The summed E-state index contributed by atoms with van der Waals surface area (Å²) in [7, 11) is 0. The van der Waals surface area contributed by atoms with Gasteiger partial charge in [0, 0.05) is 24.4 Å². The molecule has 2 aromatic carbocycles. The average Bonchev–Trinajstić information content (AvgIpc) is 3.06. The Morgan fingerprint density at radius 3 is 2.53 bits per heavy atom. The molecule has 1 amide bonds. The second-order valence-electron chi connectivity index (χ2n) is 7.57. The number of ether oxygens (including phenoxy) is 2. The lowest BCUT2D eigenvalue weighted by molar-refractivity contribution is -0.117. The van der Waals surface area contributed by atoms with Gasteiger partial charge in [-0.05, 0) is 23.3 Å². The Kier molecular flexibility index (Phi) is 6.49. The Bertz CT molecular complexity index is 1110. The Balaban J connectivity index is 1.67. The molecule has 0 aliphatic carbocycles. The number of nitrogens with zero attached hydrogens (tertiary/aromatic N) is 2. The molecule has 158 valence electrons. The molecule has 2 heterocycles. The molecule has 0 unspecified atom stereocenters. The standard InChI is InChI=1S/C23H26N2O3S2/c1-15(2)17-6-4-16(5-7-17)12-22(26)24-23-25(8-11-29-3)18-13-19-20(14-21(18)30-23)28-10-9-27-19/h4-7,13-15H,8-12H2,1-3H3. The molecule has 3 aromatic rings. The smallest absolute Gasteiger partial charge is 0.252 e. The van der Waals surface area contributed by atoms with E-state index in [0.29, 0.717) is 25.6 Å². The Morgan fingerprint density at radius 1 is 1.17 bits per heavy atom. The minimum absolute atomic E-state index is 0.131. The van der Waals surface area contributed by atoms with E-state index in [1.807, 2.05) is 24.3 Å². The van der Waals surface area contributed by atoms with Gasteiger partial charge >= 0.3 is 0 Å². The highest BCUT2D eigenvalue weighted by Crippen LogP contribution is 2.35. The lowest BCUT2D eigenvalue weighted by atomic mass is 10.0. The van der Waals surface area contributed by atoms with Crippen LogP contribution in [0.25, 0.3) is 10.2 Å². The summed E-state index contributed by atoms with van der Waals surface area (Å²) in [6.07, 6.45) is 2.38. The molecule has 30 heavy (non-hydrogen) atoms.